The summed E-state index contributed by atoms with van der Waals surface area (Å²) in [6.45, 7) is 9.50. The van der Waals surface area contributed by atoms with Crippen molar-refractivity contribution in [1.82, 2.24) is 9.97 Å². The maximum Gasteiger partial charge on any atom is 0.178 e. The Hall–Kier alpha value is -3.66. The van der Waals surface area contributed by atoms with Gasteiger partial charge in [-0.2, -0.15) is 0 Å². The Morgan fingerprint density at radius 3 is 1.88 bits per heavy atom. The lowest BCUT2D eigenvalue weighted by Crippen LogP contribution is -2.60. The van der Waals surface area contributed by atoms with Gasteiger partial charge in [0.1, 0.15) is 6.17 Å². The van der Waals surface area contributed by atoms with E-state index >= 15 is 0 Å². The third kappa shape index (κ3) is 2.64. The van der Waals surface area contributed by atoms with E-state index in [1.807, 2.05) is 0 Å². The van der Waals surface area contributed by atoms with Crippen molar-refractivity contribution in [3.05, 3.63) is 96.8 Å². The van der Waals surface area contributed by atoms with Gasteiger partial charge in [-0.1, -0.05) is 94.4 Å². The van der Waals surface area contributed by atoms with Crippen LogP contribution in [-0.2, 0) is 5.41 Å². The van der Waals surface area contributed by atoms with Crippen molar-refractivity contribution in [2.45, 2.75) is 39.3 Å². The zero-order valence-corrected chi connectivity index (χ0v) is 19.5. The molecule has 1 unspecified atom stereocenters. The van der Waals surface area contributed by atoms with Gasteiger partial charge in [-0.15, -0.1) is 0 Å². The third-order valence-electron chi connectivity index (χ3n) is 7.95. The van der Waals surface area contributed by atoms with E-state index in [2.05, 4.69) is 116 Å². The van der Waals surface area contributed by atoms with Crippen LogP contribution in [0.3, 0.4) is 0 Å². The summed E-state index contributed by atoms with van der Waals surface area (Å²) in [5, 5.41) is 0. The molecule has 4 nitrogen and oxygen atoms in total. The van der Waals surface area contributed by atoms with Crippen LogP contribution in [0.1, 0.15) is 33.3 Å². The largest absolute Gasteiger partial charge is 0.301 e. The molecule has 0 saturated heterocycles. The standard InChI is InChI=1S/C29H28N4/c1-28(2)22-15-9-11-17-24(22)33-26-25(30-18-19-31-26)32(27(33)29(28,3)4)23-16-10-8-14-21(23)20-12-6-5-7-13-20/h5-19,27H,1-4H3. The Bertz CT molecular complexity index is 1340. The van der Waals surface area contributed by atoms with Crippen LogP contribution in [-0.4, -0.2) is 16.1 Å². The molecule has 3 aromatic carbocycles. The van der Waals surface area contributed by atoms with Gasteiger partial charge in [-0.25, -0.2) is 9.97 Å². The summed E-state index contributed by atoms with van der Waals surface area (Å²) < 4.78 is 0. The Balaban J connectivity index is 1.66. The molecule has 1 atom stereocenters. The van der Waals surface area contributed by atoms with Gasteiger partial charge >= 0.3 is 0 Å². The van der Waals surface area contributed by atoms with E-state index in [1.165, 1.54) is 22.4 Å². The van der Waals surface area contributed by atoms with Crippen molar-refractivity contribution in [1.29, 1.82) is 0 Å². The number of hydrogen-bond donors (Lipinski definition) is 0. The van der Waals surface area contributed by atoms with Crippen LogP contribution in [0.4, 0.5) is 23.0 Å². The molecule has 2 aliphatic heterocycles. The highest BCUT2D eigenvalue weighted by Crippen LogP contribution is 2.61. The number of nitrogens with zero attached hydrogens (tertiary/aromatic N) is 4. The van der Waals surface area contributed by atoms with Crippen LogP contribution in [0, 0.1) is 5.41 Å². The summed E-state index contributed by atoms with van der Waals surface area (Å²) in [5.41, 5.74) is 5.94. The summed E-state index contributed by atoms with van der Waals surface area (Å²) in [4.78, 5) is 14.6. The van der Waals surface area contributed by atoms with Gasteiger partial charge in [0.2, 0.25) is 0 Å². The van der Waals surface area contributed by atoms with Gasteiger partial charge in [0, 0.05) is 34.5 Å². The third-order valence-corrected chi connectivity index (χ3v) is 7.95. The highest BCUT2D eigenvalue weighted by molar-refractivity contribution is 5.91. The lowest BCUT2D eigenvalue weighted by Gasteiger charge is -2.56. The molecule has 6 rings (SSSR count). The number of fused-ring (bicyclic) bond motifs is 5. The van der Waals surface area contributed by atoms with E-state index in [0.29, 0.717) is 0 Å². The fraction of sp³-hybridized carbons (Fsp3) is 0.241. The first-order valence-corrected chi connectivity index (χ1v) is 11.6. The fourth-order valence-corrected chi connectivity index (χ4v) is 5.58. The van der Waals surface area contributed by atoms with Crippen LogP contribution >= 0.6 is 0 Å². The SMILES string of the molecule is CC1(C)c2ccccc2N2c3nccnc3N(c3ccccc3-c3ccccc3)C2C1(C)C. The van der Waals surface area contributed by atoms with Crippen molar-refractivity contribution in [3.8, 4) is 11.1 Å². The first kappa shape index (κ1) is 20.0. The molecule has 0 radical (unpaired) electrons. The lowest BCUT2D eigenvalue weighted by molar-refractivity contribution is 0.146. The van der Waals surface area contributed by atoms with Gasteiger partial charge in [-0.05, 0) is 23.3 Å². The molecule has 4 heteroatoms. The highest BCUT2D eigenvalue weighted by atomic mass is 15.5. The molecule has 33 heavy (non-hydrogen) atoms. The predicted octanol–water partition coefficient (Wildman–Crippen LogP) is 7.08. The van der Waals surface area contributed by atoms with Crippen LogP contribution in [0.5, 0.6) is 0 Å². The average molecular weight is 433 g/mol. The van der Waals surface area contributed by atoms with Crippen molar-refractivity contribution in [2.75, 3.05) is 9.80 Å². The van der Waals surface area contributed by atoms with Gasteiger partial charge in [0.25, 0.3) is 0 Å². The average Bonchev–Trinajstić information content (AvgIpc) is 3.20. The molecule has 0 fully saturated rings. The summed E-state index contributed by atoms with van der Waals surface area (Å²) in [6.07, 6.45) is 3.64. The van der Waals surface area contributed by atoms with E-state index in [0.717, 1.165) is 17.3 Å². The summed E-state index contributed by atoms with van der Waals surface area (Å²) >= 11 is 0. The molecular weight excluding hydrogens is 404 g/mol. The minimum Gasteiger partial charge on any atom is -0.301 e. The molecule has 0 spiro atoms. The fourth-order valence-electron chi connectivity index (χ4n) is 5.58. The zero-order chi connectivity index (χ0) is 22.8. The molecule has 3 heterocycles. The number of rotatable bonds is 2. The number of aromatic nitrogens is 2. The Morgan fingerprint density at radius 2 is 1.18 bits per heavy atom. The molecule has 164 valence electrons. The number of para-hydroxylation sites is 2. The maximum atomic E-state index is 4.88. The molecule has 1 aromatic heterocycles. The van der Waals surface area contributed by atoms with E-state index in [9.17, 15) is 0 Å². The minimum absolute atomic E-state index is 0.0321. The second-order valence-electron chi connectivity index (χ2n) is 10.1. The molecule has 0 N–H and O–H groups in total. The van der Waals surface area contributed by atoms with Crippen molar-refractivity contribution in [3.63, 3.8) is 0 Å². The van der Waals surface area contributed by atoms with E-state index in [1.54, 1.807) is 12.4 Å². The maximum absolute atomic E-state index is 4.88. The molecule has 4 aromatic rings. The Morgan fingerprint density at radius 1 is 0.636 bits per heavy atom. The normalized spacial score (nSPS) is 19.6. The predicted molar refractivity (Wildman–Crippen MR) is 135 cm³/mol. The Labute approximate surface area is 195 Å². The number of hydrogen-bond acceptors (Lipinski definition) is 4. The summed E-state index contributed by atoms with van der Waals surface area (Å²) in [5.74, 6) is 1.83. The first-order chi connectivity index (χ1) is 15.9. The molecule has 0 amide bonds. The van der Waals surface area contributed by atoms with Gasteiger partial charge in [0.05, 0.1) is 5.69 Å². The number of anilines is 4. The van der Waals surface area contributed by atoms with Gasteiger partial charge < -0.3 is 9.80 Å². The number of benzene rings is 3. The monoisotopic (exact) mass is 432 g/mol. The van der Waals surface area contributed by atoms with Crippen LogP contribution in [0.15, 0.2) is 91.3 Å². The van der Waals surface area contributed by atoms with Gasteiger partial charge in [0.15, 0.2) is 11.6 Å². The molecule has 0 aliphatic carbocycles. The highest BCUT2D eigenvalue weighted by Gasteiger charge is 2.58. The van der Waals surface area contributed by atoms with Crippen LogP contribution in [0.2, 0.25) is 0 Å². The van der Waals surface area contributed by atoms with E-state index < -0.39 is 0 Å². The Kier molecular flexibility index (Phi) is 4.19. The molecular formula is C29H28N4. The molecule has 0 bridgehead atoms. The topological polar surface area (TPSA) is 32.3 Å². The first-order valence-electron chi connectivity index (χ1n) is 11.6. The molecule has 2 aliphatic rings. The minimum atomic E-state index is -0.118. The quantitative estimate of drug-likeness (QED) is 0.339. The second kappa shape index (κ2) is 6.92. The van der Waals surface area contributed by atoms with Crippen LogP contribution in [0.25, 0.3) is 11.1 Å². The van der Waals surface area contributed by atoms with Crippen molar-refractivity contribution >= 4 is 23.0 Å². The lowest BCUT2D eigenvalue weighted by atomic mass is 9.59. The zero-order valence-electron chi connectivity index (χ0n) is 19.5. The van der Waals surface area contributed by atoms with Crippen LogP contribution < -0.4 is 9.80 Å². The smallest absolute Gasteiger partial charge is 0.178 e. The second-order valence-corrected chi connectivity index (χ2v) is 10.1. The van der Waals surface area contributed by atoms with E-state index in [-0.39, 0.29) is 17.0 Å². The van der Waals surface area contributed by atoms with Crippen molar-refractivity contribution < 1.29 is 0 Å². The van der Waals surface area contributed by atoms with Gasteiger partial charge in [-0.3, -0.25) is 0 Å². The summed E-state index contributed by atoms with van der Waals surface area (Å²) in [7, 11) is 0. The van der Waals surface area contributed by atoms with E-state index in [4.69, 9.17) is 9.97 Å². The van der Waals surface area contributed by atoms with Crippen molar-refractivity contribution in [2.24, 2.45) is 5.41 Å². The summed E-state index contributed by atoms with van der Waals surface area (Å²) in [6, 6.07) is 28.0. The molecule has 0 saturated carbocycles.